The van der Waals surface area contributed by atoms with E-state index in [1.807, 2.05) is 19.3 Å². The number of nitrogens with zero attached hydrogens (tertiary/aromatic N) is 1. The largest absolute Gasteiger partial charge is 0.350 e. The summed E-state index contributed by atoms with van der Waals surface area (Å²) in [6.45, 7) is 2.81. The van der Waals surface area contributed by atoms with Gasteiger partial charge in [0.25, 0.3) is 0 Å². The molecule has 1 heterocycles. The van der Waals surface area contributed by atoms with Crippen LogP contribution in [0.2, 0.25) is 0 Å². The van der Waals surface area contributed by atoms with E-state index in [1.165, 1.54) is 24.8 Å². The van der Waals surface area contributed by atoms with Gasteiger partial charge in [-0.3, -0.25) is 4.79 Å². The maximum absolute atomic E-state index is 11.2. The van der Waals surface area contributed by atoms with Gasteiger partial charge in [0.2, 0.25) is 0 Å². The first-order valence-electron chi connectivity index (χ1n) is 5.10. The van der Waals surface area contributed by atoms with Gasteiger partial charge in [0.1, 0.15) is 0 Å². The van der Waals surface area contributed by atoms with Crippen molar-refractivity contribution in [2.24, 2.45) is 0 Å². The molecule has 0 atom stereocenters. The fourth-order valence-electron chi connectivity index (χ4n) is 1.86. The van der Waals surface area contributed by atoms with Crippen molar-refractivity contribution in [2.45, 2.75) is 32.7 Å². The molecular formula is C12H15NO. The number of aryl methyl sites for hydroxylation is 1. The summed E-state index contributed by atoms with van der Waals surface area (Å²) in [6.07, 6.45) is 9.83. The SMILES string of the molecule is Cc1cn(CC2=CCCC2)ccc1=O. The van der Waals surface area contributed by atoms with Crippen LogP contribution in [0.25, 0.3) is 0 Å². The Hall–Kier alpha value is -1.31. The van der Waals surface area contributed by atoms with Crippen LogP contribution in [0.15, 0.2) is 34.9 Å². The first kappa shape index (κ1) is 9.25. The molecule has 1 aromatic rings. The Labute approximate surface area is 83.9 Å². The van der Waals surface area contributed by atoms with Crippen molar-refractivity contribution in [1.82, 2.24) is 4.57 Å². The van der Waals surface area contributed by atoms with Crippen molar-refractivity contribution < 1.29 is 0 Å². The van der Waals surface area contributed by atoms with E-state index in [2.05, 4.69) is 10.6 Å². The third kappa shape index (κ3) is 1.95. The van der Waals surface area contributed by atoms with Crippen LogP contribution in [-0.4, -0.2) is 4.57 Å². The van der Waals surface area contributed by atoms with E-state index in [4.69, 9.17) is 0 Å². The van der Waals surface area contributed by atoms with E-state index in [1.54, 1.807) is 6.07 Å². The van der Waals surface area contributed by atoms with E-state index in [-0.39, 0.29) is 5.43 Å². The minimum atomic E-state index is 0.127. The van der Waals surface area contributed by atoms with Gasteiger partial charge < -0.3 is 4.57 Å². The normalized spacial score (nSPS) is 15.6. The maximum Gasteiger partial charge on any atom is 0.184 e. The first-order valence-corrected chi connectivity index (χ1v) is 5.10. The lowest BCUT2D eigenvalue weighted by molar-refractivity contribution is 0.739. The molecule has 1 aliphatic carbocycles. The van der Waals surface area contributed by atoms with E-state index in [0.717, 1.165) is 12.1 Å². The highest BCUT2D eigenvalue weighted by atomic mass is 16.1. The molecule has 2 heteroatoms. The lowest BCUT2D eigenvalue weighted by Gasteiger charge is -2.07. The molecule has 14 heavy (non-hydrogen) atoms. The molecule has 0 fully saturated rings. The topological polar surface area (TPSA) is 22.0 Å². The Kier molecular flexibility index (Phi) is 2.53. The molecular weight excluding hydrogens is 174 g/mol. The molecule has 0 N–H and O–H groups in total. The van der Waals surface area contributed by atoms with Gasteiger partial charge in [0, 0.05) is 30.6 Å². The summed E-state index contributed by atoms with van der Waals surface area (Å²) in [5, 5.41) is 0. The van der Waals surface area contributed by atoms with Crippen LogP contribution >= 0.6 is 0 Å². The summed E-state index contributed by atoms with van der Waals surface area (Å²) in [6, 6.07) is 1.64. The number of aromatic nitrogens is 1. The third-order valence-electron chi connectivity index (χ3n) is 2.69. The molecule has 0 unspecified atom stereocenters. The quantitative estimate of drug-likeness (QED) is 0.654. The molecule has 1 aliphatic rings. The summed E-state index contributed by atoms with van der Waals surface area (Å²) >= 11 is 0. The second kappa shape index (κ2) is 3.82. The molecule has 0 amide bonds. The lowest BCUT2D eigenvalue weighted by atomic mass is 10.2. The average molecular weight is 189 g/mol. The Morgan fingerprint density at radius 1 is 1.50 bits per heavy atom. The van der Waals surface area contributed by atoms with Crippen molar-refractivity contribution in [1.29, 1.82) is 0 Å². The zero-order chi connectivity index (χ0) is 9.97. The summed E-state index contributed by atoms with van der Waals surface area (Å²) in [4.78, 5) is 11.2. The van der Waals surface area contributed by atoms with E-state index < -0.39 is 0 Å². The summed E-state index contributed by atoms with van der Waals surface area (Å²) in [5.41, 5.74) is 2.45. The predicted octanol–water partition coefficient (Wildman–Crippen LogP) is 2.27. The van der Waals surface area contributed by atoms with Crippen LogP contribution in [0.4, 0.5) is 0 Å². The lowest BCUT2D eigenvalue weighted by Crippen LogP contribution is -2.09. The van der Waals surface area contributed by atoms with Crippen LogP contribution in [0.3, 0.4) is 0 Å². The van der Waals surface area contributed by atoms with Gasteiger partial charge in [-0.25, -0.2) is 0 Å². The standard InChI is InChI=1S/C12H15NO/c1-10-8-13(7-6-12(10)14)9-11-4-2-3-5-11/h4,6-8H,2-3,5,9H2,1H3. The van der Waals surface area contributed by atoms with Crippen LogP contribution in [0.1, 0.15) is 24.8 Å². The predicted molar refractivity (Wildman–Crippen MR) is 57.4 cm³/mol. The van der Waals surface area contributed by atoms with Gasteiger partial charge >= 0.3 is 0 Å². The van der Waals surface area contributed by atoms with Crippen molar-refractivity contribution in [3.8, 4) is 0 Å². The summed E-state index contributed by atoms with van der Waals surface area (Å²) < 4.78 is 2.09. The van der Waals surface area contributed by atoms with Crippen LogP contribution < -0.4 is 5.43 Å². The number of pyridine rings is 1. The fraction of sp³-hybridized carbons (Fsp3) is 0.417. The molecule has 1 aromatic heterocycles. The Morgan fingerprint density at radius 2 is 2.36 bits per heavy atom. The maximum atomic E-state index is 11.2. The number of hydrogen-bond donors (Lipinski definition) is 0. The molecule has 0 spiro atoms. The Morgan fingerprint density at radius 3 is 3.00 bits per heavy atom. The molecule has 2 rings (SSSR count). The zero-order valence-electron chi connectivity index (χ0n) is 8.49. The number of hydrogen-bond acceptors (Lipinski definition) is 1. The fourth-order valence-corrected chi connectivity index (χ4v) is 1.86. The van der Waals surface area contributed by atoms with Crippen molar-refractivity contribution >= 4 is 0 Å². The first-order chi connectivity index (χ1) is 6.75. The molecule has 0 radical (unpaired) electrons. The average Bonchev–Trinajstić information content (AvgIpc) is 2.64. The molecule has 0 aliphatic heterocycles. The highest BCUT2D eigenvalue weighted by Gasteiger charge is 2.04. The van der Waals surface area contributed by atoms with Gasteiger partial charge in [-0.05, 0) is 26.2 Å². The second-order valence-corrected chi connectivity index (χ2v) is 3.92. The van der Waals surface area contributed by atoms with Gasteiger partial charge in [0.15, 0.2) is 5.43 Å². The van der Waals surface area contributed by atoms with Crippen LogP contribution in [-0.2, 0) is 6.54 Å². The van der Waals surface area contributed by atoms with Gasteiger partial charge in [-0.15, -0.1) is 0 Å². The van der Waals surface area contributed by atoms with Crippen molar-refractivity contribution in [3.05, 3.63) is 45.9 Å². The Balaban J connectivity index is 2.17. The van der Waals surface area contributed by atoms with Gasteiger partial charge in [-0.1, -0.05) is 11.6 Å². The Bertz CT molecular complexity index is 415. The van der Waals surface area contributed by atoms with E-state index in [0.29, 0.717) is 0 Å². The monoisotopic (exact) mass is 189 g/mol. The minimum Gasteiger partial charge on any atom is -0.350 e. The highest BCUT2D eigenvalue weighted by molar-refractivity contribution is 5.12. The van der Waals surface area contributed by atoms with E-state index in [9.17, 15) is 4.79 Å². The second-order valence-electron chi connectivity index (χ2n) is 3.92. The molecule has 0 saturated carbocycles. The number of rotatable bonds is 2. The smallest absolute Gasteiger partial charge is 0.184 e. The zero-order valence-corrected chi connectivity index (χ0v) is 8.49. The minimum absolute atomic E-state index is 0.127. The van der Waals surface area contributed by atoms with Crippen LogP contribution in [0.5, 0.6) is 0 Å². The molecule has 0 saturated heterocycles. The van der Waals surface area contributed by atoms with Crippen LogP contribution in [0, 0.1) is 6.92 Å². The molecule has 2 nitrogen and oxygen atoms in total. The summed E-state index contributed by atoms with van der Waals surface area (Å²) in [7, 11) is 0. The third-order valence-corrected chi connectivity index (χ3v) is 2.69. The van der Waals surface area contributed by atoms with Crippen molar-refractivity contribution in [3.63, 3.8) is 0 Å². The van der Waals surface area contributed by atoms with Gasteiger partial charge in [-0.2, -0.15) is 0 Å². The molecule has 0 aromatic carbocycles. The van der Waals surface area contributed by atoms with Gasteiger partial charge in [0.05, 0.1) is 0 Å². The highest BCUT2D eigenvalue weighted by Crippen LogP contribution is 2.18. The molecule has 74 valence electrons. The van der Waals surface area contributed by atoms with Crippen molar-refractivity contribution in [2.75, 3.05) is 0 Å². The summed E-state index contributed by atoms with van der Waals surface area (Å²) in [5.74, 6) is 0. The number of allylic oxidation sites excluding steroid dienone is 2. The van der Waals surface area contributed by atoms with E-state index >= 15 is 0 Å². The molecule has 0 bridgehead atoms.